The minimum absolute atomic E-state index is 0.0626. The first-order valence-corrected chi connectivity index (χ1v) is 8.87. The van der Waals surface area contributed by atoms with E-state index < -0.39 is 0 Å². The lowest BCUT2D eigenvalue weighted by Crippen LogP contribution is -2.47. The van der Waals surface area contributed by atoms with Gasteiger partial charge in [-0.15, -0.1) is 0 Å². The predicted octanol–water partition coefficient (Wildman–Crippen LogP) is 4.26. The van der Waals surface area contributed by atoms with Crippen molar-refractivity contribution in [2.45, 2.75) is 58.0 Å². The lowest BCUT2D eigenvalue weighted by Gasteiger charge is -2.42. The summed E-state index contributed by atoms with van der Waals surface area (Å²) in [6, 6.07) is 10.6. The topological polar surface area (TPSA) is 29.5 Å². The number of ether oxygens (including phenoxy) is 1. The van der Waals surface area contributed by atoms with Gasteiger partial charge in [-0.2, -0.15) is 0 Å². The Morgan fingerprint density at radius 2 is 1.91 bits per heavy atom. The number of esters is 1. The smallest absolute Gasteiger partial charge is 0.323 e. The lowest BCUT2D eigenvalue weighted by atomic mass is 9.83. The van der Waals surface area contributed by atoms with Gasteiger partial charge in [-0.1, -0.05) is 41.5 Å². The van der Waals surface area contributed by atoms with Crippen LogP contribution >= 0.6 is 0 Å². The highest BCUT2D eigenvalue weighted by Gasteiger charge is 2.37. The molecule has 2 atom stereocenters. The van der Waals surface area contributed by atoms with E-state index in [1.807, 2.05) is 13.0 Å². The third-order valence-corrected chi connectivity index (χ3v) is 5.26. The molecule has 1 aromatic carbocycles. The largest absolute Gasteiger partial charge is 0.465 e. The predicted molar refractivity (Wildman–Crippen MR) is 92.1 cm³/mol. The summed E-state index contributed by atoms with van der Waals surface area (Å²) in [5.74, 6) is -0.0626. The van der Waals surface area contributed by atoms with Crippen LogP contribution in [-0.2, 0) is 9.53 Å². The van der Waals surface area contributed by atoms with Crippen molar-refractivity contribution in [3.63, 3.8) is 0 Å². The van der Waals surface area contributed by atoms with E-state index in [0.29, 0.717) is 6.61 Å². The van der Waals surface area contributed by atoms with Crippen molar-refractivity contribution in [3.05, 3.63) is 47.0 Å². The Morgan fingerprint density at radius 3 is 2.61 bits per heavy atom. The molecule has 1 aliphatic carbocycles. The lowest BCUT2D eigenvalue weighted by molar-refractivity contribution is -0.150. The van der Waals surface area contributed by atoms with Crippen LogP contribution in [-0.4, -0.2) is 30.1 Å². The van der Waals surface area contributed by atoms with Gasteiger partial charge in [0.2, 0.25) is 0 Å². The fourth-order valence-electron chi connectivity index (χ4n) is 3.94. The Bertz CT molecular complexity index is 579. The molecule has 1 heterocycles. The SMILES string of the molecule is CCOC(=O)[C@H]1CC2=C(CCCC2)CN1[C@@H](C)c1ccccc1. The fraction of sp³-hybridized carbons (Fsp3) is 0.550. The molecule has 2 aliphatic rings. The molecule has 0 amide bonds. The average molecular weight is 313 g/mol. The van der Waals surface area contributed by atoms with Crippen LogP contribution in [0.2, 0.25) is 0 Å². The number of rotatable bonds is 4. The van der Waals surface area contributed by atoms with Crippen molar-refractivity contribution in [1.29, 1.82) is 0 Å². The molecule has 3 nitrogen and oxygen atoms in total. The van der Waals surface area contributed by atoms with Crippen molar-refractivity contribution >= 4 is 5.97 Å². The molecule has 1 aliphatic heterocycles. The monoisotopic (exact) mass is 313 g/mol. The maximum Gasteiger partial charge on any atom is 0.323 e. The zero-order chi connectivity index (χ0) is 16.2. The van der Waals surface area contributed by atoms with Gasteiger partial charge >= 0.3 is 5.97 Å². The van der Waals surface area contributed by atoms with Gasteiger partial charge in [0.15, 0.2) is 0 Å². The van der Waals surface area contributed by atoms with E-state index in [2.05, 4.69) is 36.1 Å². The highest BCUT2D eigenvalue weighted by molar-refractivity contribution is 5.76. The summed E-state index contributed by atoms with van der Waals surface area (Å²) < 4.78 is 5.37. The van der Waals surface area contributed by atoms with Crippen LogP contribution in [0.5, 0.6) is 0 Å². The maximum absolute atomic E-state index is 12.5. The number of carbonyl (C=O) groups excluding carboxylic acids is 1. The van der Waals surface area contributed by atoms with E-state index in [1.54, 1.807) is 5.57 Å². The highest BCUT2D eigenvalue weighted by atomic mass is 16.5. The zero-order valence-electron chi connectivity index (χ0n) is 14.3. The molecule has 0 fully saturated rings. The summed E-state index contributed by atoms with van der Waals surface area (Å²) in [4.78, 5) is 14.9. The summed E-state index contributed by atoms with van der Waals surface area (Å²) in [6.45, 7) is 5.45. The van der Waals surface area contributed by atoms with Crippen molar-refractivity contribution < 1.29 is 9.53 Å². The van der Waals surface area contributed by atoms with Crippen molar-refractivity contribution in [2.24, 2.45) is 0 Å². The summed E-state index contributed by atoms with van der Waals surface area (Å²) in [7, 11) is 0. The van der Waals surface area contributed by atoms with Crippen molar-refractivity contribution in [1.82, 2.24) is 4.90 Å². The third-order valence-electron chi connectivity index (χ3n) is 5.26. The van der Waals surface area contributed by atoms with Crippen LogP contribution in [0.1, 0.15) is 57.6 Å². The molecular formula is C20H27NO2. The molecule has 3 heteroatoms. The van der Waals surface area contributed by atoms with Gasteiger partial charge < -0.3 is 4.74 Å². The zero-order valence-corrected chi connectivity index (χ0v) is 14.3. The second kappa shape index (κ2) is 7.31. The molecule has 0 N–H and O–H groups in total. The number of hydrogen-bond acceptors (Lipinski definition) is 3. The summed E-state index contributed by atoms with van der Waals surface area (Å²) in [5.41, 5.74) is 4.35. The molecule has 0 unspecified atom stereocenters. The summed E-state index contributed by atoms with van der Waals surface area (Å²) >= 11 is 0. The van der Waals surface area contributed by atoms with E-state index in [9.17, 15) is 4.79 Å². The highest BCUT2D eigenvalue weighted by Crippen LogP contribution is 2.37. The molecule has 124 valence electrons. The van der Waals surface area contributed by atoms with Crippen molar-refractivity contribution in [2.75, 3.05) is 13.2 Å². The Balaban J connectivity index is 1.87. The van der Waals surface area contributed by atoms with Gasteiger partial charge in [0, 0.05) is 12.6 Å². The number of carbonyl (C=O) groups is 1. The molecule has 1 aromatic rings. The molecule has 0 radical (unpaired) electrons. The van der Waals surface area contributed by atoms with Gasteiger partial charge in [0.25, 0.3) is 0 Å². The molecule has 0 aromatic heterocycles. The molecule has 0 bridgehead atoms. The quantitative estimate of drug-likeness (QED) is 0.614. The minimum atomic E-state index is -0.137. The van der Waals surface area contributed by atoms with E-state index >= 15 is 0 Å². The van der Waals surface area contributed by atoms with Crippen LogP contribution in [0, 0.1) is 0 Å². The summed E-state index contributed by atoms with van der Waals surface area (Å²) in [6.07, 6.45) is 5.77. The van der Waals surface area contributed by atoms with Gasteiger partial charge in [-0.25, -0.2) is 0 Å². The maximum atomic E-state index is 12.5. The Kier molecular flexibility index (Phi) is 5.16. The van der Waals surface area contributed by atoms with Gasteiger partial charge in [-0.05, 0) is 51.5 Å². The molecule has 23 heavy (non-hydrogen) atoms. The molecule has 0 spiro atoms. The normalized spacial score (nSPS) is 23.3. The number of hydrogen-bond donors (Lipinski definition) is 0. The van der Waals surface area contributed by atoms with Crippen LogP contribution < -0.4 is 0 Å². The number of benzene rings is 1. The minimum Gasteiger partial charge on any atom is -0.465 e. The first-order chi connectivity index (χ1) is 11.2. The van der Waals surface area contributed by atoms with Crippen molar-refractivity contribution in [3.8, 4) is 0 Å². The fourth-order valence-corrected chi connectivity index (χ4v) is 3.94. The third kappa shape index (κ3) is 3.50. The van der Waals surface area contributed by atoms with Gasteiger partial charge in [0.1, 0.15) is 6.04 Å². The van der Waals surface area contributed by atoms with E-state index in [0.717, 1.165) is 13.0 Å². The summed E-state index contributed by atoms with van der Waals surface area (Å²) in [5, 5.41) is 0. The second-order valence-corrected chi connectivity index (χ2v) is 6.65. The van der Waals surface area contributed by atoms with Crippen LogP contribution in [0.4, 0.5) is 0 Å². The standard InChI is InChI=1S/C20H27NO2/c1-3-23-20(22)19-13-17-11-7-8-12-18(17)14-21(19)15(2)16-9-5-4-6-10-16/h4-6,9-10,15,19H,3,7-8,11-14H2,1-2H3/t15-,19+/m0/s1. The first kappa shape index (κ1) is 16.3. The molecular weight excluding hydrogens is 286 g/mol. The van der Waals surface area contributed by atoms with E-state index in [1.165, 1.54) is 36.8 Å². The number of nitrogens with zero attached hydrogens (tertiary/aromatic N) is 1. The molecule has 3 rings (SSSR count). The van der Waals surface area contributed by atoms with E-state index in [-0.39, 0.29) is 18.1 Å². The van der Waals surface area contributed by atoms with Gasteiger partial charge in [0.05, 0.1) is 6.61 Å². The molecule has 0 saturated heterocycles. The van der Waals surface area contributed by atoms with Crippen LogP contribution in [0.15, 0.2) is 41.5 Å². The van der Waals surface area contributed by atoms with E-state index in [4.69, 9.17) is 4.74 Å². The Morgan fingerprint density at radius 1 is 1.22 bits per heavy atom. The van der Waals surface area contributed by atoms with Crippen LogP contribution in [0.25, 0.3) is 0 Å². The molecule has 0 saturated carbocycles. The van der Waals surface area contributed by atoms with Crippen LogP contribution in [0.3, 0.4) is 0 Å². The Hall–Kier alpha value is -1.61. The van der Waals surface area contributed by atoms with Gasteiger partial charge in [-0.3, -0.25) is 9.69 Å². The average Bonchev–Trinajstić information content (AvgIpc) is 2.61. The Labute approximate surface area is 139 Å². The first-order valence-electron chi connectivity index (χ1n) is 8.87. The second-order valence-electron chi connectivity index (χ2n) is 6.65.